The number of rotatable bonds is 3. The summed E-state index contributed by atoms with van der Waals surface area (Å²) in [5.41, 5.74) is -3.32. The van der Waals surface area contributed by atoms with Crippen LogP contribution in [0.3, 0.4) is 0 Å². The molecule has 6 nitrogen and oxygen atoms in total. The van der Waals surface area contributed by atoms with Gasteiger partial charge in [0.05, 0.1) is 17.6 Å². The van der Waals surface area contributed by atoms with Crippen LogP contribution < -0.4 is 5.43 Å². The standard InChI is InChI=1S/C15H9ClF3N3O3S/c1-2-25-13(24)7-6-22(14-20-3-4-26-14)12-10(11(7)23)8(15(17,18)19)5-9(16)21-12/h3-6H,2H2,1H3. The molecule has 136 valence electrons. The lowest BCUT2D eigenvalue weighted by Gasteiger charge is -2.14. The maximum atomic E-state index is 13.5. The second kappa shape index (κ2) is 6.69. The molecule has 0 amide bonds. The molecule has 0 unspecified atom stereocenters. The molecule has 0 aliphatic heterocycles. The predicted molar refractivity (Wildman–Crippen MR) is 89.0 cm³/mol. The SMILES string of the molecule is CCOC(=O)c1cn(-c2nccs2)c2nc(Cl)cc(C(F)(F)F)c2c1=O. The van der Waals surface area contributed by atoms with Gasteiger partial charge in [-0.2, -0.15) is 13.2 Å². The highest BCUT2D eigenvalue weighted by molar-refractivity contribution is 7.12. The van der Waals surface area contributed by atoms with E-state index in [0.29, 0.717) is 6.07 Å². The molecular formula is C15H9ClF3N3O3S. The molecule has 3 heterocycles. The van der Waals surface area contributed by atoms with Gasteiger partial charge in [0.1, 0.15) is 10.7 Å². The number of fused-ring (bicyclic) bond motifs is 1. The monoisotopic (exact) mass is 403 g/mol. The summed E-state index contributed by atoms with van der Waals surface area (Å²) in [7, 11) is 0. The van der Waals surface area contributed by atoms with Gasteiger partial charge in [0.15, 0.2) is 10.8 Å². The highest BCUT2D eigenvalue weighted by Crippen LogP contribution is 2.35. The quantitative estimate of drug-likeness (QED) is 0.492. The number of halogens is 4. The number of aromatic nitrogens is 3. The van der Waals surface area contributed by atoms with Crippen LogP contribution >= 0.6 is 22.9 Å². The molecule has 0 atom stereocenters. The van der Waals surface area contributed by atoms with E-state index in [-0.39, 0.29) is 17.4 Å². The van der Waals surface area contributed by atoms with Crippen LogP contribution in [0, 0.1) is 0 Å². The summed E-state index contributed by atoms with van der Waals surface area (Å²) in [6.07, 6.45) is -2.40. The van der Waals surface area contributed by atoms with Crippen LogP contribution in [-0.4, -0.2) is 27.1 Å². The first kappa shape index (κ1) is 18.3. The van der Waals surface area contributed by atoms with Crippen molar-refractivity contribution in [2.45, 2.75) is 13.1 Å². The molecule has 0 saturated heterocycles. The van der Waals surface area contributed by atoms with Crippen molar-refractivity contribution < 1.29 is 22.7 Å². The topological polar surface area (TPSA) is 74.1 Å². The van der Waals surface area contributed by atoms with Crippen LogP contribution in [0.1, 0.15) is 22.8 Å². The number of thiazole rings is 1. The summed E-state index contributed by atoms with van der Waals surface area (Å²) < 4.78 is 46.3. The third-order valence-corrected chi connectivity index (χ3v) is 4.32. The minimum Gasteiger partial charge on any atom is -0.462 e. The molecule has 0 N–H and O–H groups in total. The first-order valence-corrected chi connectivity index (χ1v) is 8.40. The Labute approximate surface area is 152 Å². The Morgan fingerprint density at radius 1 is 1.42 bits per heavy atom. The number of pyridine rings is 2. The van der Waals surface area contributed by atoms with E-state index in [1.54, 1.807) is 5.38 Å². The third-order valence-electron chi connectivity index (χ3n) is 3.35. The Hall–Kier alpha value is -2.46. The summed E-state index contributed by atoms with van der Waals surface area (Å²) in [5, 5.41) is 0.572. The number of carbonyl (C=O) groups is 1. The Morgan fingerprint density at radius 2 is 2.15 bits per heavy atom. The van der Waals surface area contributed by atoms with Crippen LogP contribution in [0.2, 0.25) is 5.15 Å². The molecule has 0 aromatic carbocycles. The van der Waals surface area contributed by atoms with Crippen LogP contribution in [0.15, 0.2) is 28.6 Å². The van der Waals surface area contributed by atoms with Gasteiger partial charge in [0.2, 0.25) is 5.43 Å². The molecular weight excluding hydrogens is 395 g/mol. The van der Waals surface area contributed by atoms with E-state index in [1.807, 2.05) is 0 Å². The van der Waals surface area contributed by atoms with Crippen LogP contribution in [-0.2, 0) is 10.9 Å². The van der Waals surface area contributed by atoms with E-state index >= 15 is 0 Å². The van der Waals surface area contributed by atoms with E-state index in [9.17, 15) is 22.8 Å². The van der Waals surface area contributed by atoms with Gasteiger partial charge in [-0.15, -0.1) is 11.3 Å². The fourth-order valence-electron chi connectivity index (χ4n) is 2.34. The molecule has 0 aliphatic carbocycles. The molecule has 3 rings (SSSR count). The number of carbonyl (C=O) groups excluding carboxylic acids is 1. The second-order valence-electron chi connectivity index (χ2n) is 4.97. The molecule has 3 aromatic heterocycles. The lowest BCUT2D eigenvalue weighted by atomic mass is 10.1. The van der Waals surface area contributed by atoms with Crippen molar-refractivity contribution >= 4 is 39.9 Å². The molecule has 0 fully saturated rings. The molecule has 26 heavy (non-hydrogen) atoms. The Bertz CT molecular complexity index is 1050. The summed E-state index contributed by atoms with van der Waals surface area (Å²) in [6, 6.07) is 0.548. The number of hydrogen-bond donors (Lipinski definition) is 0. The minimum absolute atomic E-state index is 0.0431. The first-order valence-electron chi connectivity index (χ1n) is 7.14. The van der Waals surface area contributed by atoms with Gasteiger partial charge in [-0.3, -0.25) is 9.36 Å². The van der Waals surface area contributed by atoms with E-state index < -0.39 is 39.2 Å². The average molecular weight is 404 g/mol. The fraction of sp³-hybridized carbons (Fsp3) is 0.200. The predicted octanol–water partition coefficient (Wildman–Crippen LogP) is 3.69. The third kappa shape index (κ3) is 3.17. The fourth-order valence-corrected chi connectivity index (χ4v) is 3.15. The second-order valence-corrected chi connectivity index (χ2v) is 6.23. The van der Waals surface area contributed by atoms with E-state index in [4.69, 9.17) is 16.3 Å². The van der Waals surface area contributed by atoms with Gasteiger partial charge < -0.3 is 4.74 Å². The van der Waals surface area contributed by atoms with E-state index in [2.05, 4.69) is 9.97 Å². The van der Waals surface area contributed by atoms with Gasteiger partial charge in [0.25, 0.3) is 0 Å². The maximum Gasteiger partial charge on any atom is 0.417 e. The number of ether oxygens (including phenoxy) is 1. The van der Waals surface area contributed by atoms with Gasteiger partial charge in [-0.25, -0.2) is 14.8 Å². The number of nitrogens with zero attached hydrogens (tertiary/aromatic N) is 3. The van der Waals surface area contributed by atoms with Gasteiger partial charge >= 0.3 is 12.1 Å². The first-order chi connectivity index (χ1) is 12.2. The van der Waals surface area contributed by atoms with Crippen LogP contribution in [0.4, 0.5) is 13.2 Å². The molecule has 0 spiro atoms. The maximum absolute atomic E-state index is 13.5. The number of esters is 1. The molecule has 11 heteroatoms. The largest absolute Gasteiger partial charge is 0.462 e. The summed E-state index contributed by atoms with van der Waals surface area (Å²) in [4.78, 5) is 32.6. The van der Waals surface area contributed by atoms with Crippen molar-refractivity contribution in [3.8, 4) is 5.13 Å². The van der Waals surface area contributed by atoms with Gasteiger partial charge in [-0.1, -0.05) is 11.6 Å². The number of alkyl halides is 3. The Kier molecular flexibility index (Phi) is 4.72. The van der Waals surface area contributed by atoms with Crippen molar-refractivity contribution in [1.82, 2.24) is 14.5 Å². The molecule has 0 saturated carbocycles. The zero-order valence-electron chi connectivity index (χ0n) is 13.0. The zero-order valence-corrected chi connectivity index (χ0v) is 14.6. The average Bonchev–Trinajstić information content (AvgIpc) is 3.08. The molecule has 0 radical (unpaired) electrons. The van der Waals surface area contributed by atoms with E-state index in [0.717, 1.165) is 22.1 Å². The van der Waals surface area contributed by atoms with E-state index in [1.165, 1.54) is 13.1 Å². The summed E-state index contributed by atoms with van der Waals surface area (Å²) in [5.74, 6) is -1.03. The van der Waals surface area contributed by atoms with Crippen molar-refractivity contribution in [2.24, 2.45) is 0 Å². The normalized spacial score (nSPS) is 11.7. The molecule has 0 aliphatic rings. The van der Waals surface area contributed by atoms with Crippen LogP contribution in [0.25, 0.3) is 16.2 Å². The Balaban J connectivity index is 2.50. The van der Waals surface area contributed by atoms with Crippen LogP contribution in [0.5, 0.6) is 0 Å². The lowest BCUT2D eigenvalue weighted by molar-refractivity contribution is -0.136. The zero-order chi connectivity index (χ0) is 19.1. The summed E-state index contributed by atoms with van der Waals surface area (Å²) >= 11 is 6.82. The smallest absolute Gasteiger partial charge is 0.417 e. The molecule has 3 aromatic rings. The number of hydrogen-bond acceptors (Lipinski definition) is 6. The highest BCUT2D eigenvalue weighted by atomic mass is 35.5. The van der Waals surface area contributed by atoms with Gasteiger partial charge in [0, 0.05) is 17.8 Å². The highest BCUT2D eigenvalue weighted by Gasteiger charge is 2.36. The summed E-state index contributed by atoms with van der Waals surface area (Å²) in [6.45, 7) is 1.47. The van der Waals surface area contributed by atoms with Crippen molar-refractivity contribution in [3.05, 3.63) is 50.3 Å². The minimum atomic E-state index is -4.88. The molecule has 0 bridgehead atoms. The Morgan fingerprint density at radius 3 is 2.73 bits per heavy atom. The van der Waals surface area contributed by atoms with Crippen molar-refractivity contribution in [2.75, 3.05) is 6.61 Å². The lowest BCUT2D eigenvalue weighted by Crippen LogP contribution is -2.23. The van der Waals surface area contributed by atoms with Crippen molar-refractivity contribution in [1.29, 1.82) is 0 Å². The van der Waals surface area contributed by atoms with Crippen molar-refractivity contribution in [3.63, 3.8) is 0 Å². The van der Waals surface area contributed by atoms with Gasteiger partial charge in [-0.05, 0) is 13.0 Å².